The fourth-order valence-corrected chi connectivity index (χ4v) is 2.10. The molecule has 1 unspecified atom stereocenters. The molecule has 2 N–H and O–H groups in total. The molecule has 1 atom stereocenters. The minimum Gasteiger partial charge on any atom is -0.481 e. The van der Waals surface area contributed by atoms with Gasteiger partial charge in [0.2, 0.25) is 0 Å². The van der Waals surface area contributed by atoms with Crippen molar-refractivity contribution in [2.24, 2.45) is 0 Å². The lowest BCUT2D eigenvalue weighted by Gasteiger charge is -2.09. The third kappa shape index (κ3) is 3.84. The second-order valence-electron chi connectivity index (χ2n) is 4.66. The van der Waals surface area contributed by atoms with Crippen molar-refractivity contribution in [3.05, 3.63) is 64.1 Å². The summed E-state index contributed by atoms with van der Waals surface area (Å²) in [4.78, 5) is 10.9. The highest BCUT2D eigenvalue weighted by molar-refractivity contribution is 9.10. The number of nitrogens with one attached hydrogen (secondary N) is 1. The molecule has 0 aliphatic heterocycles. The van der Waals surface area contributed by atoms with Gasteiger partial charge in [0.25, 0.3) is 0 Å². The number of aliphatic carboxylic acids is 1. The molecule has 2 aromatic carbocycles. The largest absolute Gasteiger partial charge is 0.481 e. The standard InChI is InChI=1S/C16H16BrNO2/c1-11(16(19)20)13-4-2-12(3-5-13)10-18-15-8-6-14(17)7-9-15/h2-9,11,18H,10H2,1H3,(H,19,20). The minimum absolute atomic E-state index is 0.469. The zero-order valence-electron chi connectivity index (χ0n) is 11.1. The molecule has 0 radical (unpaired) electrons. The lowest BCUT2D eigenvalue weighted by atomic mass is 10.00. The van der Waals surface area contributed by atoms with E-state index in [0.717, 1.165) is 21.3 Å². The number of hydrogen-bond donors (Lipinski definition) is 2. The van der Waals surface area contributed by atoms with Gasteiger partial charge in [-0.25, -0.2) is 0 Å². The molecule has 0 spiro atoms. The highest BCUT2D eigenvalue weighted by atomic mass is 79.9. The van der Waals surface area contributed by atoms with E-state index >= 15 is 0 Å². The number of carboxylic acids is 1. The summed E-state index contributed by atoms with van der Waals surface area (Å²) < 4.78 is 1.05. The predicted octanol–water partition coefficient (Wildman–Crippen LogP) is 4.25. The summed E-state index contributed by atoms with van der Waals surface area (Å²) in [7, 11) is 0. The summed E-state index contributed by atoms with van der Waals surface area (Å²) in [5.74, 6) is -1.27. The Morgan fingerprint density at radius 2 is 1.75 bits per heavy atom. The molecule has 0 aliphatic rings. The lowest BCUT2D eigenvalue weighted by Crippen LogP contribution is -2.07. The molecular formula is C16H16BrNO2. The molecule has 0 heterocycles. The van der Waals surface area contributed by atoms with Gasteiger partial charge in [-0.2, -0.15) is 0 Å². The molecule has 4 heteroatoms. The average Bonchev–Trinajstić information content (AvgIpc) is 2.46. The van der Waals surface area contributed by atoms with Crippen LogP contribution >= 0.6 is 15.9 Å². The Bertz CT molecular complexity index is 578. The average molecular weight is 334 g/mol. The highest BCUT2D eigenvalue weighted by Crippen LogP contribution is 2.18. The summed E-state index contributed by atoms with van der Waals surface area (Å²) >= 11 is 3.40. The Kier molecular flexibility index (Phi) is 4.79. The van der Waals surface area contributed by atoms with Crippen molar-refractivity contribution >= 4 is 27.6 Å². The number of hydrogen-bond acceptors (Lipinski definition) is 2. The zero-order chi connectivity index (χ0) is 14.5. The van der Waals surface area contributed by atoms with E-state index in [1.54, 1.807) is 6.92 Å². The van der Waals surface area contributed by atoms with Gasteiger partial charge in [-0.1, -0.05) is 40.2 Å². The first kappa shape index (κ1) is 14.6. The molecule has 104 valence electrons. The normalized spacial score (nSPS) is 11.9. The molecule has 0 bridgehead atoms. The predicted molar refractivity (Wildman–Crippen MR) is 84.0 cm³/mol. The van der Waals surface area contributed by atoms with E-state index in [0.29, 0.717) is 6.54 Å². The van der Waals surface area contributed by atoms with Crippen LogP contribution in [0.3, 0.4) is 0 Å². The Morgan fingerprint density at radius 1 is 1.15 bits per heavy atom. The molecular weight excluding hydrogens is 318 g/mol. The van der Waals surface area contributed by atoms with Crippen LogP contribution in [0.15, 0.2) is 53.0 Å². The van der Waals surface area contributed by atoms with Gasteiger partial charge in [0.1, 0.15) is 0 Å². The molecule has 2 rings (SSSR count). The topological polar surface area (TPSA) is 49.3 Å². The van der Waals surface area contributed by atoms with Crippen molar-refractivity contribution in [1.82, 2.24) is 0 Å². The van der Waals surface area contributed by atoms with Crippen molar-refractivity contribution in [2.45, 2.75) is 19.4 Å². The third-order valence-corrected chi connectivity index (χ3v) is 3.72. The summed E-state index contributed by atoms with van der Waals surface area (Å²) in [5, 5.41) is 12.3. The number of benzene rings is 2. The lowest BCUT2D eigenvalue weighted by molar-refractivity contribution is -0.138. The van der Waals surface area contributed by atoms with Gasteiger partial charge in [-0.3, -0.25) is 4.79 Å². The fraction of sp³-hybridized carbons (Fsp3) is 0.188. The van der Waals surface area contributed by atoms with Gasteiger partial charge in [-0.15, -0.1) is 0 Å². The van der Waals surface area contributed by atoms with E-state index in [2.05, 4.69) is 21.2 Å². The maximum atomic E-state index is 10.9. The summed E-state index contributed by atoms with van der Waals surface area (Å²) in [5.41, 5.74) is 3.00. The van der Waals surface area contributed by atoms with Crippen LogP contribution in [-0.2, 0) is 11.3 Å². The monoisotopic (exact) mass is 333 g/mol. The van der Waals surface area contributed by atoms with Crippen LogP contribution in [0, 0.1) is 0 Å². The van der Waals surface area contributed by atoms with E-state index < -0.39 is 11.9 Å². The number of halogens is 1. The molecule has 0 saturated carbocycles. The van der Waals surface area contributed by atoms with Crippen LogP contribution in [0.2, 0.25) is 0 Å². The Balaban J connectivity index is 1.97. The van der Waals surface area contributed by atoms with Gasteiger partial charge in [-0.05, 0) is 42.3 Å². The number of rotatable bonds is 5. The Hall–Kier alpha value is -1.81. The van der Waals surface area contributed by atoms with Gasteiger partial charge in [0.05, 0.1) is 5.92 Å². The molecule has 0 aliphatic carbocycles. The quantitative estimate of drug-likeness (QED) is 0.859. The summed E-state index contributed by atoms with van der Waals surface area (Å²) in [6.07, 6.45) is 0. The van der Waals surface area contributed by atoms with E-state index in [9.17, 15) is 4.79 Å². The van der Waals surface area contributed by atoms with Gasteiger partial charge < -0.3 is 10.4 Å². The number of anilines is 1. The third-order valence-electron chi connectivity index (χ3n) is 3.19. The maximum Gasteiger partial charge on any atom is 0.310 e. The number of carboxylic acid groups (broad SMARTS) is 1. The SMILES string of the molecule is CC(C(=O)O)c1ccc(CNc2ccc(Br)cc2)cc1. The first-order chi connectivity index (χ1) is 9.56. The first-order valence-electron chi connectivity index (χ1n) is 6.37. The van der Waals surface area contributed by atoms with Gasteiger partial charge >= 0.3 is 5.97 Å². The van der Waals surface area contributed by atoms with Crippen molar-refractivity contribution in [1.29, 1.82) is 0 Å². The second-order valence-corrected chi connectivity index (χ2v) is 5.58. The maximum absolute atomic E-state index is 10.9. The molecule has 0 saturated heterocycles. The minimum atomic E-state index is -0.800. The molecule has 0 fully saturated rings. The van der Waals surface area contributed by atoms with E-state index in [1.807, 2.05) is 48.5 Å². The molecule has 0 amide bonds. The van der Waals surface area contributed by atoms with E-state index in [4.69, 9.17) is 5.11 Å². The van der Waals surface area contributed by atoms with Crippen LogP contribution in [0.5, 0.6) is 0 Å². The molecule has 20 heavy (non-hydrogen) atoms. The van der Waals surface area contributed by atoms with Crippen LogP contribution < -0.4 is 5.32 Å². The van der Waals surface area contributed by atoms with Crippen molar-refractivity contribution in [3.8, 4) is 0 Å². The van der Waals surface area contributed by atoms with Crippen LogP contribution in [0.1, 0.15) is 24.0 Å². The van der Waals surface area contributed by atoms with Crippen LogP contribution in [-0.4, -0.2) is 11.1 Å². The Morgan fingerprint density at radius 3 is 2.30 bits per heavy atom. The Labute approximate surface area is 126 Å². The fourth-order valence-electron chi connectivity index (χ4n) is 1.84. The van der Waals surface area contributed by atoms with Crippen LogP contribution in [0.25, 0.3) is 0 Å². The zero-order valence-corrected chi connectivity index (χ0v) is 12.7. The molecule has 2 aromatic rings. The highest BCUT2D eigenvalue weighted by Gasteiger charge is 2.12. The van der Waals surface area contributed by atoms with E-state index in [1.165, 1.54) is 0 Å². The molecule has 3 nitrogen and oxygen atoms in total. The van der Waals surface area contributed by atoms with Gasteiger partial charge in [0.15, 0.2) is 0 Å². The van der Waals surface area contributed by atoms with Gasteiger partial charge in [0, 0.05) is 16.7 Å². The van der Waals surface area contributed by atoms with Crippen molar-refractivity contribution < 1.29 is 9.90 Å². The molecule has 0 aromatic heterocycles. The summed E-state index contributed by atoms with van der Waals surface area (Å²) in [6, 6.07) is 15.6. The van der Waals surface area contributed by atoms with Crippen molar-refractivity contribution in [2.75, 3.05) is 5.32 Å². The number of carbonyl (C=O) groups is 1. The summed E-state index contributed by atoms with van der Waals surface area (Å²) in [6.45, 7) is 2.40. The second kappa shape index (κ2) is 6.57. The van der Waals surface area contributed by atoms with Crippen molar-refractivity contribution in [3.63, 3.8) is 0 Å². The first-order valence-corrected chi connectivity index (χ1v) is 7.16. The van der Waals surface area contributed by atoms with Crippen LogP contribution in [0.4, 0.5) is 5.69 Å². The smallest absolute Gasteiger partial charge is 0.310 e. The van der Waals surface area contributed by atoms with E-state index in [-0.39, 0.29) is 0 Å².